The zero-order valence-corrected chi connectivity index (χ0v) is 27.4. The van der Waals surface area contributed by atoms with Crippen LogP contribution in [0.15, 0.2) is 109 Å². The minimum atomic E-state index is -1.16. The molecule has 7 heteroatoms. The van der Waals surface area contributed by atoms with Crippen molar-refractivity contribution in [2.75, 3.05) is 6.54 Å². The van der Waals surface area contributed by atoms with Gasteiger partial charge in [0.05, 0.1) is 11.1 Å². The first-order chi connectivity index (χ1) is 24.3. The molecule has 0 spiro atoms. The van der Waals surface area contributed by atoms with Crippen LogP contribution in [0.2, 0.25) is 0 Å². The molecule has 7 nitrogen and oxygen atoms in total. The highest BCUT2D eigenvalue weighted by atomic mass is 16.4. The third kappa shape index (κ3) is 6.03. The Bertz CT molecular complexity index is 2400. The number of aryl methyl sites for hydroxylation is 1. The lowest BCUT2D eigenvalue weighted by atomic mass is 9.83. The molecule has 50 heavy (non-hydrogen) atoms. The molecule has 0 saturated heterocycles. The van der Waals surface area contributed by atoms with Crippen LogP contribution >= 0.6 is 0 Å². The zero-order chi connectivity index (χ0) is 34.8. The molecule has 0 aliphatic rings. The molecule has 1 amide bonds. The van der Waals surface area contributed by atoms with Gasteiger partial charge in [-0.1, -0.05) is 97.4 Å². The van der Waals surface area contributed by atoms with Crippen LogP contribution < -0.4 is 5.32 Å². The summed E-state index contributed by atoms with van der Waals surface area (Å²) in [5.74, 6) is -2.79. The number of hydrogen-bond acceptors (Lipinski definition) is 4. The monoisotopic (exact) mass is 661 g/mol. The van der Waals surface area contributed by atoms with Crippen molar-refractivity contribution in [2.24, 2.45) is 0 Å². The molecule has 0 atom stereocenters. The number of carboxylic acid groups (broad SMARTS) is 2. The maximum Gasteiger partial charge on any atom is 0.336 e. The highest BCUT2D eigenvalue weighted by Crippen LogP contribution is 2.44. The van der Waals surface area contributed by atoms with Gasteiger partial charge in [-0.05, 0) is 87.3 Å². The maximum atomic E-state index is 13.7. The predicted octanol–water partition coefficient (Wildman–Crippen LogP) is 9.09. The molecule has 0 aliphatic carbocycles. The van der Waals surface area contributed by atoms with E-state index in [1.54, 1.807) is 30.3 Å². The molecule has 0 bridgehead atoms. The summed E-state index contributed by atoms with van der Waals surface area (Å²) in [7, 11) is 0. The van der Waals surface area contributed by atoms with Crippen LogP contribution in [0.1, 0.15) is 78.2 Å². The van der Waals surface area contributed by atoms with Crippen molar-refractivity contribution in [2.45, 2.75) is 38.5 Å². The van der Waals surface area contributed by atoms with E-state index in [0.717, 1.165) is 24.8 Å². The summed E-state index contributed by atoms with van der Waals surface area (Å²) in [5, 5.41) is 28.2. The smallest absolute Gasteiger partial charge is 0.336 e. The summed E-state index contributed by atoms with van der Waals surface area (Å²) in [6.07, 6.45) is 4.36. The molecule has 0 heterocycles. The fourth-order valence-electron chi connectivity index (χ4n) is 7.30. The summed E-state index contributed by atoms with van der Waals surface area (Å²) in [4.78, 5) is 52.5. The van der Waals surface area contributed by atoms with Crippen molar-refractivity contribution in [1.29, 1.82) is 0 Å². The number of fused-ring (bicyclic) bond motifs is 2. The summed E-state index contributed by atoms with van der Waals surface area (Å²) < 4.78 is 0. The number of benzene rings is 7. The van der Waals surface area contributed by atoms with Crippen LogP contribution in [0.4, 0.5) is 0 Å². The molecule has 7 rings (SSSR count). The van der Waals surface area contributed by atoms with E-state index in [1.165, 1.54) is 17.7 Å². The minimum Gasteiger partial charge on any atom is -0.478 e. The van der Waals surface area contributed by atoms with Crippen molar-refractivity contribution in [1.82, 2.24) is 5.32 Å². The van der Waals surface area contributed by atoms with E-state index in [1.807, 2.05) is 54.6 Å². The van der Waals surface area contributed by atoms with Crippen molar-refractivity contribution < 1.29 is 29.4 Å². The van der Waals surface area contributed by atoms with Gasteiger partial charge < -0.3 is 15.5 Å². The second-order valence-electron chi connectivity index (χ2n) is 12.7. The SMILES string of the molecule is O=C(O)c1ccc2c3ccc(C(=O)NCCc4ccccc4)c4c(C(=O)O)ccc(c5ccc(C(=O)CCCCCc6ccccc6)c1c52)c43. The number of unbranched alkanes of at least 4 members (excludes halogenated alkanes) is 2. The Labute approximate surface area is 288 Å². The molecule has 0 radical (unpaired) electrons. The average molecular weight is 662 g/mol. The Hall–Kier alpha value is -6.08. The van der Waals surface area contributed by atoms with Gasteiger partial charge in [-0.25, -0.2) is 9.59 Å². The minimum absolute atomic E-state index is 0.000258. The number of Topliss-reactive ketones (excluding diaryl/α,β-unsaturated/α-hetero) is 1. The number of ketones is 1. The highest BCUT2D eigenvalue weighted by molar-refractivity contribution is 6.38. The summed E-state index contributed by atoms with van der Waals surface area (Å²) >= 11 is 0. The summed E-state index contributed by atoms with van der Waals surface area (Å²) in [5.41, 5.74) is 2.98. The summed E-state index contributed by atoms with van der Waals surface area (Å²) in [6.45, 7) is 0.373. The first-order valence-corrected chi connectivity index (χ1v) is 16.9. The molecular weight excluding hydrogens is 626 g/mol. The van der Waals surface area contributed by atoms with Crippen LogP contribution in [-0.4, -0.2) is 40.4 Å². The number of hydrogen-bond donors (Lipinski definition) is 3. The van der Waals surface area contributed by atoms with Gasteiger partial charge in [0.25, 0.3) is 5.91 Å². The lowest BCUT2D eigenvalue weighted by Gasteiger charge is -2.19. The Balaban J connectivity index is 1.30. The molecule has 0 unspecified atom stereocenters. The van der Waals surface area contributed by atoms with Gasteiger partial charge in [0.2, 0.25) is 0 Å². The van der Waals surface area contributed by atoms with Crippen molar-refractivity contribution >= 4 is 66.7 Å². The van der Waals surface area contributed by atoms with E-state index in [4.69, 9.17) is 0 Å². The average Bonchev–Trinajstić information content (AvgIpc) is 3.13. The lowest BCUT2D eigenvalue weighted by molar-refractivity contribution is 0.0688. The topological polar surface area (TPSA) is 121 Å². The Morgan fingerprint density at radius 1 is 0.460 bits per heavy atom. The molecular formula is C43H35NO6. The molecule has 7 aromatic carbocycles. The second-order valence-corrected chi connectivity index (χ2v) is 12.7. The van der Waals surface area contributed by atoms with Crippen molar-refractivity contribution in [3.8, 4) is 0 Å². The van der Waals surface area contributed by atoms with Crippen LogP contribution in [-0.2, 0) is 12.8 Å². The van der Waals surface area contributed by atoms with Gasteiger partial charge in [0, 0.05) is 34.9 Å². The van der Waals surface area contributed by atoms with E-state index in [2.05, 4.69) is 17.4 Å². The molecule has 3 N–H and O–H groups in total. The molecule has 7 aromatic rings. The largest absolute Gasteiger partial charge is 0.478 e. The summed E-state index contributed by atoms with van der Waals surface area (Å²) in [6, 6.07) is 33.4. The van der Waals surface area contributed by atoms with Crippen LogP contribution in [0.3, 0.4) is 0 Å². The fourth-order valence-corrected chi connectivity index (χ4v) is 7.30. The molecule has 0 aromatic heterocycles. The standard InChI is InChI=1S/C43H35NO6/c45-36(15-9-3-8-12-26-10-4-1-5-11-26)32-20-16-28-31-19-23-35(43(49)50)40-33(41(46)44-25-24-27-13-6-2-7-14-27)21-17-29(38(31)40)30-18-22-34(42(47)48)39(32)37(28)30/h1-2,4-7,10-11,13-14,16-23H,3,8-9,12,15,24-25H2,(H,44,46)(H,47,48)(H,49,50). The van der Waals surface area contributed by atoms with Gasteiger partial charge in [-0.15, -0.1) is 0 Å². The third-order valence-corrected chi connectivity index (χ3v) is 9.66. The van der Waals surface area contributed by atoms with E-state index in [0.29, 0.717) is 74.5 Å². The van der Waals surface area contributed by atoms with Gasteiger partial charge >= 0.3 is 11.9 Å². The Morgan fingerprint density at radius 2 is 0.920 bits per heavy atom. The van der Waals surface area contributed by atoms with Gasteiger partial charge in [-0.2, -0.15) is 0 Å². The van der Waals surface area contributed by atoms with Crippen LogP contribution in [0.5, 0.6) is 0 Å². The number of rotatable bonds is 13. The quantitative estimate of drug-likeness (QED) is 0.0491. The van der Waals surface area contributed by atoms with E-state index < -0.39 is 11.9 Å². The number of amides is 1. The van der Waals surface area contributed by atoms with Gasteiger partial charge in [-0.3, -0.25) is 9.59 Å². The molecule has 0 fully saturated rings. The first kappa shape index (κ1) is 32.5. The number of aromatic carboxylic acids is 2. The zero-order valence-electron chi connectivity index (χ0n) is 27.4. The number of carbonyl (C=O) groups is 4. The predicted molar refractivity (Wildman–Crippen MR) is 197 cm³/mol. The van der Waals surface area contributed by atoms with Crippen LogP contribution in [0.25, 0.3) is 43.1 Å². The second kappa shape index (κ2) is 13.8. The molecule has 0 saturated carbocycles. The third-order valence-electron chi connectivity index (χ3n) is 9.66. The maximum absolute atomic E-state index is 13.7. The molecule has 0 aliphatic heterocycles. The normalized spacial score (nSPS) is 11.4. The lowest BCUT2D eigenvalue weighted by Crippen LogP contribution is -2.26. The first-order valence-electron chi connectivity index (χ1n) is 16.9. The molecule has 248 valence electrons. The van der Waals surface area contributed by atoms with Crippen molar-refractivity contribution in [3.63, 3.8) is 0 Å². The van der Waals surface area contributed by atoms with Gasteiger partial charge in [0.1, 0.15) is 0 Å². The van der Waals surface area contributed by atoms with Gasteiger partial charge in [0.15, 0.2) is 5.78 Å². The van der Waals surface area contributed by atoms with E-state index >= 15 is 0 Å². The van der Waals surface area contributed by atoms with E-state index in [-0.39, 0.29) is 28.4 Å². The Morgan fingerprint density at radius 3 is 1.44 bits per heavy atom. The number of nitrogens with one attached hydrogen (secondary N) is 1. The number of carboxylic acids is 2. The Kier molecular flexibility index (Phi) is 8.96. The van der Waals surface area contributed by atoms with E-state index in [9.17, 15) is 29.4 Å². The highest BCUT2D eigenvalue weighted by Gasteiger charge is 2.25. The van der Waals surface area contributed by atoms with Crippen LogP contribution in [0, 0.1) is 0 Å². The fraction of sp³-hybridized carbons (Fsp3) is 0.163. The van der Waals surface area contributed by atoms with Crippen molar-refractivity contribution in [3.05, 3.63) is 143 Å². The number of carbonyl (C=O) groups excluding carboxylic acids is 2.